The molecule has 1 aliphatic rings. The SMILES string of the molecule is CO[C@H]1CN(C(=O)c2cc3ccccc3o2)C[C@H]1Cc1cc(C)no1. The molecule has 3 aromatic rings. The highest BCUT2D eigenvalue weighted by molar-refractivity contribution is 5.96. The summed E-state index contributed by atoms with van der Waals surface area (Å²) in [6, 6.07) is 11.4. The average Bonchev–Trinajstić information content (AvgIpc) is 3.32. The Morgan fingerprint density at radius 2 is 2.16 bits per heavy atom. The highest BCUT2D eigenvalue weighted by Crippen LogP contribution is 2.27. The lowest BCUT2D eigenvalue weighted by Crippen LogP contribution is -2.29. The van der Waals surface area contributed by atoms with Crippen molar-refractivity contribution in [3.63, 3.8) is 0 Å². The summed E-state index contributed by atoms with van der Waals surface area (Å²) in [4.78, 5) is 14.6. The first-order valence-electron chi connectivity index (χ1n) is 8.37. The Kier molecular flexibility index (Phi) is 4.05. The summed E-state index contributed by atoms with van der Waals surface area (Å²) in [7, 11) is 1.68. The minimum absolute atomic E-state index is 0.0289. The van der Waals surface area contributed by atoms with E-state index >= 15 is 0 Å². The number of furan rings is 1. The number of carbonyl (C=O) groups excluding carboxylic acids is 1. The van der Waals surface area contributed by atoms with Crippen LogP contribution in [0, 0.1) is 12.8 Å². The van der Waals surface area contributed by atoms with Gasteiger partial charge < -0.3 is 18.6 Å². The van der Waals surface area contributed by atoms with Crippen molar-refractivity contribution in [2.75, 3.05) is 20.2 Å². The molecular formula is C19H20N2O4. The molecule has 130 valence electrons. The number of nitrogens with zero attached hydrogens (tertiary/aromatic N) is 2. The molecule has 0 bridgehead atoms. The predicted octanol–water partition coefficient (Wildman–Crippen LogP) is 3.06. The predicted molar refractivity (Wildman–Crippen MR) is 91.3 cm³/mol. The number of hydrogen-bond donors (Lipinski definition) is 0. The molecule has 4 rings (SSSR count). The molecule has 1 saturated heterocycles. The van der Waals surface area contributed by atoms with Gasteiger partial charge in [0, 0.05) is 44.0 Å². The molecule has 1 aromatic carbocycles. The Morgan fingerprint density at radius 3 is 2.88 bits per heavy atom. The summed E-state index contributed by atoms with van der Waals surface area (Å²) in [5.74, 6) is 1.26. The third-order valence-corrected chi connectivity index (χ3v) is 4.75. The largest absolute Gasteiger partial charge is 0.451 e. The monoisotopic (exact) mass is 340 g/mol. The zero-order chi connectivity index (χ0) is 17.4. The molecule has 6 heteroatoms. The minimum Gasteiger partial charge on any atom is -0.451 e. The summed E-state index contributed by atoms with van der Waals surface area (Å²) in [6.07, 6.45) is 0.669. The van der Waals surface area contributed by atoms with Gasteiger partial charge in [0.15, 0.2) is 5.76 Å². The fraction of sp³-hybridized carbons (Fsp3) is 0.368. The molecule has 25 heavy (non-hydrogen) atoms. The third-order valence-electron chi connectivity index (χ3n) is 4.75. The number of rotatable bonds is 4. The summed E-state index contributed by atoms with van der Waals surface area (Å²) in [5, 5.41) is 4.86. The Balaban J connectivity index is 1.51. The van der Waals surface area contributed by atoms with E-state index in [1.165, 1.54) is 0 Å². The highest BCUT2D eigenvalue weighted by Gasteiger charge is 2.37. The number of aromatic nitrogens is 1. The summed E-state index contributed by atoms with van der Waals surface area (Å²) < 4.78 is 16.6. The van der Waals surface area contributed by atoms with Gasteiger partial charge in [0.1, 0.15) is 11.3 Å². The van der Waals surface area contributed by atoms with Crippen LogP contribution in [-0.4, -0.2) is 42.3 Å². The van der Waals surface area contributed by atoms with Crippen LogP contribution in [0.5, 0.6) is 0 Å². The first kappa shape index (κ1) is 15.9. The fourth-order valence-electron chi connectivity index (χ4n) is 3.48. The van der Waals surface area contributed by atoms with Crippen molar-refractivity contribution in [2.45, 2.75) is 19.4 Å². The molecule has 0 spiro atoms. The summed E-state index contributed by atoms with van der Waals surface area (Å²) >= 11 is 0. The van der Waals surface area contributed by atoms with Crippen molar-refractivity contribution in [1.82, 2.24) is 10.1 Å². The highest BCUT2D eigenvalue weighted by atomic mass is 16.5. The van der Waals surface area contributed by atoms with Crippen LogP contribution in [0.4, 0.5) is 0 Å². The van der Waals surface area contributed by atoms with E-state index in [1.54, 1.807) is 18.1 Å². The second-order valence-electron chi connectivity index (χ2n) is 6.53. The van der Waals surface area contributed by atoms with Gasteiger partial charge >= 0.3 is 0 Å². The number of likely N-dealkylation sites (tertiary alicyclic amines) is 1. The molecular weight excluding hydrogens is 320 g/mol. The molecule has 1 fully saturated rings. The lowest BCUT2D eigenvalue weighted by molar-refractivity contribution is 0.0655. The maximum atomic E-state index is 12.8. The van der Waals surface area contributed by atoms with E-state index < -0.39 is 0 Å². The van der Waals surface area contributed by atoms with Crippen LogP contribution in [0.1, 0.15) is 22.0 Å². The van der Waals surface area contributed by atoms with Gasteiger partial charge in [0.25, 0.3) is 5.91 Å². The van der Waals surface area contributed by atoms with Crippen LogP contribution >= 0.6 is 0 Å². The number of methoxy groups -OCH3 is 1. The van der Waals surface area contributed by atoms with Gasteiger partial charge in [-0.05, 0) is 19.1 Å². The minimum atomic E-state index is -0.102. The first-order valence-corrected chi connectivity index (χ1v) is 8.37. The Labute approximate surface area is 145 Å². The Bertz CT molecular complexity index is 865. The van der Waals surface area contributed by atoms with E-state index in [0.717, 1.165) is 22.4 Å². The molecule has 1 amide bonds. The average molecular weight is 340 g/mol. The van der Waals surface area contributed by atoms with Crippen LogP contribution in [0.15, 0.2) is 45.3 Å². The third kappa shape index (κ3) is 3.05. The lowest BCUT2D eigenvalue weighted by atomic mass is 10.0. The van der Waals surface area contributed by atoms with Crippen LogP contribution < -0.4 is 0 Å². The van der Waals surface area contributed by atoms with Crippen molar-refractivity contribution in [2.24, 2.45) is 5.92 Å². The van der Waals surface area contributed by atoms with Crippen LogP contribution in [0.3, 0.4) is 0 Å². The van der Waals surface area contributed by atoms with Crippen LogP contribution in [0.2, 0.25) is 0 Å². The summed E-state index contributed by atoms with van der Waals surface area (Å²) in [6.45, 7) is 3.05. The van der Waals surface area contributed by atoms with Crippen molar-refractivity contribution >= 4 is 16.9 Å². The van der Waals surface area contributed by atoms with E-state index in [0.29, 0.717) is 25.3 Å². The molecule has 0 saturated carbocycles. The van der Waals surface area contributed by atoms with Gasteiger partial charge in [0.05, 0.1) is 11.8 Å². The molecule has 0 unspecified atom stereocenters. The van der Waals surface area contributed by atoms with Gasteiger partial charge in [-0.3, -0.25) is 4.79 Å². The smallest absolute Gasteiger partial charge is 0.289 e. The number of fused-ring (bicyclic) bond motifs is 1. The molecule has 3 heterocycles. The van der Waals surface area contributed by atoms with E-state index in [4.69, 9.17) is 13.7 Å². The molecule has 0 radical (unpaired) electrons. The molecule has 2 atom stereocenters. The van der Waals surface area contributed by atoms with E-state index in [9.17, 15) is 4.79 Å². The van der Waals surface area contributed by atoms with Gasteiger partial charge in [-0.25, -0.2) is 0 Å². The topological polar surface area (TPSA) is 68.7 Å². The zero-order valence-electron chi connectivity index (χ0n) is 14.3. The van der Waals surface area contributed by atoms with Gasteiger partial charge in [-0.1, -0.05) is 23.4 Å². The quantitative estimate of drug-likeness (QED) is 0.730. The Hall–Kier alpha value is -2.60. The number of benzene rings is 1. The standard InChI is InChI=1S/C19H20N2O4/c1-12-7-15(25-20-12)8-14-10-21(11-18(14)23-2)19(22)17-9-13-5-3-4-6-16(13)24-17/h3-7,9,14,18H,8,10-11H2,1-2H3/t14-,18+/m1/s1. The molecule has 2 aromatic heterocycles. The number of amides is 1. The fourth-order valence-corrected chi connectivity index (χ4v) is 3.48. The lowest BCUT2D eigenvalue weighted by Gasteiger charge is -2.14. The second kappa shape index (κ2) is 6.37. The van der Waals surface area contributed by atoms with Crippen molar-refractivity contribution < 1.29 is 18.5 Å². The van der Waals surface area contributed by atoms with Crippen molar-refractivity contribution in [3.8, 4) is 0 Å². The number of hydrogen-bond acceptors (Lipinski definition) is 5. The van der Waals surface area contributed by atoms with Crippen LogP contribution in [0.25, 0.3) is 11.0 Å². The number of para-hydroxylation sites is 1. The second-order valence-corrected chi connectivity index (χ2v) is 6.53. The van der Waals surface area contributed by atoms with E-state index in [-0.39, 0.29) is 17.9 Å². The molecule has 6 nitrogen and oxygen atoms in total. The van der Waals surface area contributed by atoms with Crippen LogP contribution in [-0.2, 0) is 11.2 Å². The number of carbonyl (C=O) groups is 1. The van der Waals surface area contributed by atoms with E-state index in [2.05, 4.69) is 5.16 Å². The normalized spacial score (nSPS) is 20.5. The van der Waals surface area contributed by atoms with Crippen molar-refractivity contribution in [3.05, 3.63) is 53.6 Å². The molecule has 0 aliphatic carbocycles. The van der Waals surface area contributed by atoms with Gasteiger partial charge in [-0.2, -0.15) is 0 Å². The molecule has 0 N–H and O–H groups in total. The zero-order valence-corrected chi connectivity index (χ0v) is 14.3. The van der Waals surface area contributed by atoms with Gasteiger partial charge in [0.2, 0.25) is 0 Å². The maximum Gasteiger partial charge on any atom is 0.289 e. The number of aryl methyl sites for hydroxylation is 1. The Morgan fingerprint density at radius 1 is 1.32 bits per heavy atom. The van der Waals surface area contributed by atoms with Crippen molar-refractivity contribution in [1.29, 1.82) is 0 Å². The number of ether oxygens (including phenoxy) is 1. The summed E-state index contributed by atoms with van der Waals surface area (Å²) in [5.41, 5.74) is 1.58. The molecule has 1 aliphatic heterocycles. The van der Waals surface area contributed by atoms with Gasteiger partial charge in [-0.15, -0.1) is 0 Å². The first-order chi connectivity index (χ1) is 12.1. The maximum absolute atomic E-state index is 12.8. The van der Waals surface area contributed by atoms with E-state index in [1.807, 2.05) is 37.3 Å².